The molecule has 0 fully saturated rings. The predicted molar refractivity (Wildman–Crippen MR) is 75.0 cm³/mol. The molecule has 0 bridgehead atoms. The summed E-state index contributed by atoms with van der Waals surface area (Å²) < 4.78 is 5.77. The highest BCUT2D eigenvalue weighted by atomic mass is 16.5. The summed E-state index contributed by atoms with van der Waals surface area (Å²) in [6, 6.07) is 7.28. The van der Waals surface area contributed by atoms with Crippen molar-refractivity contribution in [2.75, 3.05) is 0 Å². The maximum absolute atomic E-state index is 10.5. The molecule has 0 spiro atoms. The van der Waals surface area contributed by atoms with E-state index >= 15 is 0 Å². The van der Waals surface area contributed by atoms with E-state index in [0.717, 1.165) is 5.76 Å². The normalized spacial score (nSPS) is 16.7. The molecule has 3 rings (SSSR count). The van der Waals surface area contributed by atoms with Crippen molar-refractivity contribution in [2.24, 2.45) is 0 Å². The van der Waals surface area contributed by atoms with Gasteiger partial charge >= 0.3 is 0 Å². The molecule has 2 aromatic rings. The Labute approximate surface area is 111 Å². The van der Waals surface area contributed by atoms with Gasteiger partial charge in [0.2, 0.25) is 0 Å². The number of benzene rings is 2. The number of phenols is 2. The Bertz CT molecular complexity index is 711. The summed E-state index contributed by atoms with van der Waals surface area (Å²) in [5.74, 6) is 1.10. The Balaban J connectivity index is 2.52. The quantitative estimate of drug-likeness (QED) is 0.703. The van der Waals surface area contributed by atoms with Gasteiger partial charge in [-0.15, -0.1) is 0 Å². The average Bonchev–Trinajstić information content (AvgIpc) is 2.34. The molecule has 1 aliphatic rings. The first-order valence-corrected chi connectivity index (χ1v) is 6.26. The number of hydrogen-bond donors (Lipinski definition) is 2. The van der Waals surface area contributed by atoms with Crippen LogP contribution in [0.1, 0.15) is 31.9 Å². The van der Waals surface area contributed by atoms with Crippen molar-refractivity contribution in [1.29, 1.82) is 0 Å². The fraction of sp³-hybridized carbons (Fsp3) is 0.250. The van der Waals surface area contributed by atoms with Gasteiger partial charge in [-0.2, -0.15) is 0 Å². The third kappa shape index (κ3) is 1.58. The monoisotopic (exact) mass is 256 g/mol. The van der Waals surface area contributed by atoms with Crippen molar-refractivity contribution in [3.8, 4) is 11.5 Å². The number of fused-ring (bicyclic) bond motifs is 2. The van der Waals surface area contributed by atoms with Crippen molar-refractivity contribution < 1.29 is 14.9 Å². The summed E-state index contributed by atoms with van der Waals surface area (Å²) in [6.45, 7) is 5.61. The molecule has 1 heterocycles. The summed E-state index contributed by atoms with van der Waals surface area (Å²) in [4.78, 5) is 0. The number of phenolic OH excluding ortho intramolecular Hbond substituents is 2. The summed E-state index contributed by atoms with van der Waals surface area (Å²) in [5.41, 5.74) is 0.610. The lowest BCUT2D eigenvalue weighted by Gasteiger charge is -2.34. The van der Waals surface area contributed by atoms with Gasteiger partial charge in [-0.05, 0) is 26.8 Å². The molecule has 0 radical (unpaired) electrons. The van der Waals surface area contributed by atoms with Crippen LogP contribution in [0.5, 0.6) is 11.5 Å². The highest BCUT2D eigenvalue weighted by molar-refractivity contribution is 5.98. The Kier molecular flexibility index (Phi) is 2.30. The first-order chi connectivity index (χ1) is 8.92. The lowest BCUT2D eigenvalue weighted by molar-refractivity contribution is 0.0287. The van der Waals surface area contributed by atoms with Gasteiger partial charge in [0, 0.05) is 21.9 Å². The molecule has 0 amide bonds. The van der Waals surface area contributed by atoms with Crippen molar-refractivity contribution in [3.63, 3.8) is 0 Å². The highest BCUT2D eigenvalue weighted by Crippen LogP contribution is 2.48. The molecule has 0 atom stereocenters. The van der Waals surface area contributed by atoms with Crippen LogP contribution in [0.4, 0.5) is 0 Å². The Morgan fingerprint density at radius 2 is 1.58 bits per heavy atom. The molecule has 0 aromatic heterocycles. The number of ether oxygens (including phenoxy) is 1. The number of aromatic hydroxyl groups is 2. The fourth-order valence-corrected chi connectivity index (χ4v) is 2.86. The van der Waals surface area contributed by atoms with E-state index in [1.807, 2.05) is 32.9 Å². The third-order valence-corrected chi connectivity index (χ3v) is 3.56. The van der Waals surface area contributed by atoms with E-state index in [0.29, 0.717) is 21.9 Å². The van der Waals surface area contributed by atoms with E-state index in [2.05, 4.69) is 0 Å². The van der Waals surface area contributed by atoms with Gasteiger partial charge < -0.3 is 14.9 Å². The summed E-state index contributed by atoms with van der Waals surface area (Å²) in [7, 11) is 0. The molecule has 2 aromatic carbocycles. The van der Waals surface area contributed by atoms with Crippen molar-refractivity contribution in [2.45, 2.75) is 26.4 Å². The fourth-order valence-electron chi connectivity index (χ4n) is 2.86. The zero-order chi connectivity index (χ0) is 13.8. The average molecular weight is 256 g/mol. The Morgan fingerprint density at radius 3 is 2.21 bits per heavy atom. The van der Waals surface area contributed by atoms with Crippen LogP contribution in [0, 0.1) is 0 Å². The summed E-state index contributed by atoms with van der Waals surface area (Å²) in [6.07, 6.45) is 1.77. The first-order valence-electron chi connectivity index (χ1n) is 6.26. The van der Waals surface area contributed by atoms with Gasteiger partial charge in [0.1, 0.15) is 17.1 Å². The van der Waals surface area contributed by atoms with Crippen LogP contribution < -0.4 is 0 Å². The molecular formula is C16H16O3. The second kappa shape index (κ2) is 3.67. The smallest absolute Gasteiger partial charge is 0.132 e. The van der Waals surface area contributed by atoms with Crippen molar-refractivity contribution in [1.82, 2.24) is 0 Å². The summed E-state index contributed by atoms with van der Waals surface area (Å²) in [5, 5.41) is 22.3. The van der Waals surface area contributed by atoms with Crippen LogP contribution in [-0.2, 0) is 10.3 Å². The molecule has 0 saturated carbocycles. The Hall–Kier alpha value is -2.16. The molecule has 0 unspecified atom stereocenters. The maximum Gasteiger partial charge on any atom is 0.132 e. The zero-order valence-electron chi connectivity index (χ0n) is 11.2. The third-order valence-electron chi connectivity index (χ3n) is 3.56. The van der Waals surface area contributed by atoms with Gasteiger partial charge in [-0.25, -0.2) is 0 Å². The maximum atomic E-state index is 10.5. The first kappa shape index (κ1) is 11.9. The molecule has 19 heavy (non-hydrogen) atoms. The second-order valence-corrected chi connectivity index (χ2v) is 5.40. The number of allylic oxidation sites excluding steroid dienone is 1. The van der Waals surface area contributed by atoms with Gasteiger partial charge in [0.05, 0.1) is 5.76 Å². The minimum absolute atomic E-state index is 0.178. The zero-order valence-corrected chi connectivity index (χ0v) is 11.2. The highest BCUT2D eigenvalue weighted by Gasteiger charge is 2.34. The van der Waals surface area contributed by atoms with Crippen LogP contribution in [0.2, 0.25) is 0 Å². The van der Waals surface area contributed by atoms with E-state index < -0.39 is 5.60 Å². The van der Waals surface area contributed by atoms with Gasteiger partial charge in [-0.1, -0.05) is 24.3 Å². The van der Waals surface area contributed by atoms with E-state index in [9.17, 15) is 10.2 Å². The number of rotatable bonds is 0. The minimum atomic E-state index is -0.667. The summed E-state index contributed by atoms with van der Waals surface area (Å²) >= 11 is 0. The van der Waals surface area contributed by atoms with Crippen molar-refractivity contribution in [3.05, 3.63) is 41.2 Å². The SMILES string of the molecule is CC1=Cc2c(c(O)c3ccccc3c2O)C(C)(C)O1. The van der Waals surface area contributed by atoms with E-state index in [4.69, 9.17) is 4.74 Å². The molecule has 1 aliphatic heterocycles. The number of hydrogen-bond acceptors (Lipinski definition) is 3. The van der Waals surface area contributed by atoms with Gasteiger partial charge in [0.25, 0.3) is 0 Å². The Morgan fingerprint density at radius 1 is 1.00 bits per heavy atom. The van der Waals surface area contributed by atoms with Crippen LogP contribution in [0.3, 0.4) is 0 Å². The lowest BCUT2D eigenvalue weighted by Crippen LogP contribution is -2.25. The van der Waals surface area contributed by atoms with Gasteiger partial charge in [0.15, 0.2) is 0 Å². The van der Waals surface area contributed by atoms with E-state index in [1.54, 1.807) is 18.2 Å². The largest absolute Gasteiger partial charge is 0.507 e. The molecule has 2 N–H and O–H groups in total. The lowest BCUT2D eigenvalue weighted by atomic mass is 9.86. The minimum Gasteiger partial charge on any atom is -0.507 e. The van der Waals surface area contributed by atoms with Crippen LogP contribution in [0.25, 0.3) is 16.8 Å². The van der Waals surface area contributed by atoms with Crippen LogP contribution in [-0.4, -0.2) is 10.2 Å². The predicted octanol–water partition coefficient (Wildman–Crippen LogP) is 3.88. The topological polar surface area (TPSA) is 49.7 Å². The molecule has 0 saturated heterocycles. The molecular weight excluding hydrogens is 240 g/mol. The molecule has 98 valence electrons. The van der Waals surface area contributed by atoms with E-state index in [1.165, 1.54) is 0 Å². The van der Waals surface area contributed by atoms with Crippen molar-refractivity contribution >= 4 is 16.8 Å². The molecule has 3 nitrogen and oxygen atoms in total. The van der Waals surface area contributed by atoms with Crippen LogP contribution >= 0.6 is 0 Å². The van der Waals surface area contributed by atoms with Crippen LogP contribution in [0.15, 0.2) is 30.0 Å². The van der Waals surface area contributed by atoms with E-state index in [-0.39, 0.29) is 11.5 Å². The molecule has 0 aliphatic carbocycles. The standard InChI is InChI=1S/C16H16O3/c1-9-8-12-13(16(2,3)19-9)15(18)11-7-5-4-6-10(11)14(12)17/h4-8,17-18H,1-3H3. The molecule has 3 heteroatoms. The van der Waals surface area contributed by atoms with Gasteiger partial charge in [-0.3, -0.25) is 0 Å². The second-order valence-electron chi connectivity index (χ2n) is 5.40.